The van der Waals surface area contributed by atoms with Gasteiger partial charge in [0.15, 0.2) is 23.3 Å². The first-order valence-electron chi connectivity index (χ1n) is 14.3. The highest BCUT2D eigenvalue weighted by Crippen LogP contribution is 2.37. The van der Waals surface area contributed by atoms with Gasteiger partial charge in [-0.3, -0.25) is 9.11 Å². The van der Waals surface area contributed by atoms with Crippen molar-refractivity contribution in [3.63, 3.8) is 0 Å². The molecule has 0 fully saturated rings. The second kappa shape index (κ2) is 11.2. The van der Waals surface area contributed by atoms with E-state index >= 15 is 0 Å². The molecular weight excluding hydrogens is 692 g/mol. The van der Waals surface area contributed by atoms with E-state index in [2.05, 4.69) is 20.7 Å². The third-order valence-corrected chi connectivity index (χ3v) is 8.72. The molecule has 0 radical (unpaired) electrons. The molecule has 0 amide bonds. The number of rotatable bonds is 1. The van der Waals surface area contributed by atoms with Gasteiger partial charge < -0.3 is 9.97 Å². The number of benzene rings is 4. The van der Waals surface area contributed by atoms with Crippen LogP contribution >= 0.6 is 10.7 Å². The van der Waals surface area contributed by atoms with E-state index in [9.17, 15) is 13.0 Å². The van der Waals surface area contributed by atoms with Crippen LogP contribution in [0, 0.1) is 0 Å². The van der Waals surface area contributed by atoms with Crippen LogP contribution in [-0.4, -0.2) is 65.8 Å². The van der Waals surface area contributed by atoms with Crippen molar-refractivity contribution in [1.29, 1.82) is 0 Å². The van der Waals surface area contributed by atoms with Crippen LogP contribution in [0.3, 0.4) is 0 Å². The lowest BCUT2D eigenvalue weighted by atomic mass is 10.1. The Morgan fingerprint density at radius 2 is 0.816 bits per heavy atom. The van der Waals surface area contributed by atoms with Crippen molar-refractivity contribution in [2.24, 2.45) is 0 Å². The quantitative estimate of drug-likeness (QED) is 0.111. The summed E-state index contributed by atoms with van der Waals surface area (Å²) in [5.74, 6) is 1.60. The SMILES string of the molecule is O=S(=O)(O)Cl.O=S(=O)(O)c1cccc2c3nc4nc(nc5[nH]c(nc6nc(nc([nH]3)c12)-c1ccccc1-6)c1ccccc51)-c1ccccc1-4. The lowest BCUT2D eigenvalue weighted by molar-refractivity contribution is 0.484. The van der Waals surface area contributed by atoms with Gasteiger partial charge in [0.05, 0.1) is 0 Å². The minimum atomic E-state index is -4.62. The van der Waals surface area contributed by atoms with E-state index in [-0.39, 0.29) is 15.9 Å². The number of nitrogens with one attached hydrogen (secondary N) is 2. The molecule has 5 heterocycles. The van der Waals surface area contributed by atoms with E-state index in [0.29, 0.717) is 45.6 Å². The minimum absolute atomic E-state index is 0.169. The fourth-order valence-corrected chi connectivity index (χ4v) is 6.59. The zero-order chi connectivity index (χ0) is 34.1. The summed E-state index contributed by atoms with van der Waals surface area (Å²) in [6.07, 6.45) is 0. The molecule has 7 aromatic rings. The van der Waals surface area contributed by atoms with Crippen molar-refractivity contribution in [3.8, 4) is 45.6 Å². The lowest BCUT2D eigenvalue weighted by Crippen LogP contribution is -1.98. The van der Waals surface area contributed by atoms with Crippen LogP contribution in [0.5, 0.6) is 0 Å². The number of H-pyrrole nitrogens is 2. The average Bonchev–Trinajstić information content (AvgIpc) is 3.79. The Balaban J connectivity index is 0.000000653. The second-order valence-corrected chi connectivity index (χ2v) is 14.2. The van der Waals surface area contributed by atoms with Crippen LogP contribution in [0.15, 0.2) is 95.9 Å². The summed E-state index contributed by atoms with van der Waals surface area (Å²) in [7, 11) is -4.75. The number of aromatic amines is 2. The maximum Gasteiger partial charge on any atom is 0.353 e. The predicted octanol–water partition coefficient (Wildman–Crippen LogP) is 6.14. The van der Waals surface area contributed by atoms with Gasteiger partial charge in [0.1, 0.15) is 27.5 Å². The van der Waals surface area contributed by atoms with Crippen LogP contribution < -0.4 is 0 Å². The highest BCUT2D eigenvalue weighted by molar-refractivity contribution is 8.09. The molecule has 2 aliphatic heterocycles. The van der Waals surface area contributed by atoms with Crippen molar-refractivity contribution < 1.29 is 25.9 Å². The molecule has 242 valence electrons. The molecule has 0 saturated carbocycles. The number of hydrogen-bond donors (Lipinski definition) is 4. The third kappa shape index (κ3) is 5.56. The lowest BCUT2D eigenvalue weighted by Gasteiger charge is -1.99. The van der Waals surface area contributed by atoms with E-state index in [0.717, 1.165) is 33.0 Å². The topological polar surface area (TPSA) is 218 Å². The first kappa shape index (κ1) is 30.7. The van der Waals surface area contributed by atoms with Gasteiger partial charge in [0.2, 0.25) is 0 Å². The largest absolute Gasteiger partial charge is 0.353 e. The summed E-state index contributed by atoms with van der Waals surface area (Å²) in [5.41, 5.74) is 4.68. The molecule has 2 aliphatic rings. The van der Waals surface area contributed by atoms with Gasteiger partial charge in [0, 0.05) is 54.5 Å². The highest BCUT2D eigenvalue weighted by Gasteiger charge is 2.24. The molecule has 0 saturated heterocycles. The van der Waals surface area contributed by atoms with Gasteiger partial charge in [-0.1, -0.05) is 84.9 Å². The molecule has 0 aliphatic carbocycles. The van der Waals surface area contributed by atoms with E-state index in [1.165, 1.54) is 6.07 Å². The van der Waals surface area contributed by atoms with Crippen molar-refractivity contribution in [3.05, 3.63) is 91.0 Å². The summed E-state index contributed by atoms with van der Waals surface area (Å²) in [6, 6.07) is 27.6. The Labute approximate surface area is 280 Å². The molecule has 49 heavy (non-hydrogen) atoms. The monoisotopic (exact) mass is 710 g/mol. The Morgan fingerprint density at radius 3 is 1.24 bits per heavy atom. The maximum atomic E-state index is 12.5. The maximum absolute atomic E-state index is 12.5. The molecule has 0 atom stereocenters. The number of aromatic nitrogens is 8. The van der Waals surface area contributed by atoms with Crippen molar-refractivity contribution in [2.45, 2.75) is 4.90 Å². The van der Waals surface area contributed by atoms with Crippen LogP contribution in [0.4, 0.5) is 0 Å². The van der Waals surface area contributed by atoms with Crippen LogP contribution in [-0.2, 0) is 19.4 Å². The summed E-state index contributed by atoms with van der Waals surface area (Å²) in [6.45, 7) is 0. The Morgan fingerprint density at radius 1 is 0.469 bits per heavy atom. The smallest absolute Gasteiger partial charge is 0.324 e. The fourth-order valence-electron chi connectivity index (χ4n) is 5.87. The van der Waals surface area contributed by atoms with E-state index in [1.54, 1.807) is 12.1 Å². The molecule has 9 rings (SSSR count). The Bertz CT molecular complexity index is 2920. The van der Waals surface area contributed by atoms with Crippen LogP contribution in [0.25, 0.3) is 89.7 Å². The number of fused-ring (bicyclic) bond motifs is 20. The zero-order valence-corrected chi connectivity index (χ0v) is 27.0. The van der Waals surface area contributed by atoms with Gasteiger partial charge in [-0.05, 0) is 6.07 Å². The predicted molar refractivity (Wildman–Crippen MR) is 183 cm³/mol. The molecule has 17 heteroatoms. The summed E-state index contributed by atoms with van der Waals surface area (Å²) < 4.78 is 60.4. The standard InChI is InChI=1S/C32H18N8O3S.ClHO3S/c41-44(42,43)23-15-7-14-22-24(23)32-39-30-21-13-6-5-12-20(21)28(37-30)35-26-17-9-2-1-8-16(17)25(33-26)34-27-18-10-3-4-11-19(18)29(36-27)38-31(22)40-32;1-5(2,3)4/h1-15H,(H,41,42,43)(H2,33,34,35,36,37,38,39,40);(H,2,3,4). The van der Waals surface area contributed by atoms with Crippen LogP contribution in [0.1, 0.15) is 0 Å². The summed E-state index contributed by atoms with van der Waals surface area (Å²) in [5, 5.41) is 2.36. The van der Waals surface area contributed by atoms with Crippen LogP contribution in [0.2, 0.25) is 0 Å². The van der Waals surface area contributed by atoms with Gasteiger partial charge in [-0.2, -0.15) is 16.8 Å². The summed E-state index contributed by atoms with van der Waals surface area (Å²) in [4.78, 5) is 35.4. The molecular formula is C32H19ClN8O6S2. The first-order chi connectivity index (χ1) is 23.4. The third-order valence-electron chi connectivity index (χ3n) is 7.82. The molecule has 8 bridgehead atoms. The number of hydrogen-bond acceptors (Lipinski definition) is 10. The van der Waals surface area contributed by atoms with E-state index < -0.39 is 19.4 Å². The highest BCUT2D eigenvalue weighted by atomic mass is 35.7. The van der Waals surface area contributed by atoms with E-state index in [4.69, 9.17) is 42.9 Å². The molecule has 4 aromatic carbocycles. The molecule has 14 nitrogen and oxygen atoms in total. The molecule has 0 spiro atoms. The minimum Gasteiger partial charge on any atom is -0.324 e. The van der Waals surface area contributed by atoms with E-state index in [1.807, 2.05) is 72.8 Å². The summed E-state index contributed by atoms with van der Waals surface area (Å²) >= 11 is 0. The van der Waals surface area contributed by atoms with Crippen molar-refractivity contribution in [1.82, 2.24) is 39.9 Å². The first-order valence-corrected chi connectivity index (χ1v) is 18.0. The molecule has 3 aromatic heterocycles. The Kier molecular flexibility index (Phi) is 7.02. The fraction of sp³-hybridized carbons (Fsp3) is 0. The average molecular weight is 711 g/mol. The van der Waals surface area contributed by atoms with Crippen molar-refractivity contribution in [2.75, 3.05) is 0 Å². The van der Waals surface area contributed by atoms with Gasteiger partial charge in [0.25, 0.3) is 10.1 Å². The number of nitrogens with zero attached hydrogens (tertiary/aromatic N) is 6. The van der Waals surface area contributed by atoms with Gasteiger partial charge >= 0.3 is 9.33 Å². The molecule has 4 N–H and O–H groups in total. The second-order valence-electron chi connectivity index (χ2n) is 10.8. The Hall–Kier alpha value is -5.65. The number of halogens is 1. The zero-order valence-electron chi connectivity index (χ0n) is 24.6. The molecule has 0 unspecified atom stereocenters. The van der Waals surface area contributed by atoms with Gasteiger partial charge in [-0.25, -0.2) is 29.9 Å². The normalized spacial score (nSPS) is 12.3. The van der Waals surface area contributed by atoms with Gasteiger partial charge in [-0.15, -0.1) is 0 Å². The van der Waals surface area contributed by atoms with Crippen molar-refractivity contribution >= 4 is 74.3 Å².